The molecular formula is C13H17ClN2O4. The highest BCUT2D eigenvalue weighted by atomic mass is 35.5. The van der Waals surface area contributed by atoms with Crippen molar-refractivity contribution < 1.29 is 14.5 Å². The molecule has 6 nitrogen and oxygen atoms in total. The third-order valence-electron chi connectivity index (χ3n) is 2.87. The SMILES string of the molecule is COC(=O)[C@@H](NCc1cc([N+](=O)[O-])ccc1Cl)C(C)C. The van der Waals surface area contributed by atoms with Crippen molar-refractivity contribution in [3.63, 3.8) is 0 Å². The second kappa shape index (κ2) is 7.21. The van der Waals surface area contributed by atoms with Gasteiger partial charge in [-0.1, -0.05) is 25.4 Å². The summed E-state index contributed by atoms with van der Waals surface area (Å²) < 4.78 is 4.71. The van der Waals surface area contributed by atoms with Crippen LogP contribution in [0.2, 0.25) is 5.02 Å². The van der Waals surface area contributed by atoms with Crippen LogP contribution in [0, 0.1) is 16.0 Å². The predicted octanol–water partition coefficient (Wildman–Crippen LogP) is 2.54. The lowest BCUT2D eigenvalue weighted by Crippen LogP contribution is -2.41. The Kier molecular flexibility index (Phi) is 5.91. The molecule has 1 atom stereocenters. The molecule has 0 radical (unpaired) electrons. The number of carbonyl (C=O) groups is 1. The lowest BCUT2D eigenvalue weighted by Gasteiger charge is -2.20. The molecule has 0 aliphatic rings. The third-order valence-corrected chi connectivity index (χ3v) is 3.24. The minimum absolute atomic E-state index is 0.0277. The molecule has 0 aliphatic carbocycles. The van der Waals surface area contributed by atoms with Crippen molar-refractivity contribution in [1.82, 2.24) is 5.32 Å². The molecule has 1 rings (SSSR count). The van der Waals surface area contributed by atoms with E-state index in [1.807, 2.05) is 13.8 Å². The summed E-state index contributed by atoms with van der Waals surface area (Å²) in [7, 11) is 1.32. The Balaban J connectivity index is 2.85. The lowest BCUT2D eigenvalue weighted by molar-refractivity contribution is -0.384. The van der Waals surface area contributed by atoms with E-state index in [1.165, 1.54) is 25.3 Å². The zero-order chi connectivity index (χ0) is 15.3. The topological polar surface area (TPSA) is 81.5 Å². The smallest absolute Gasteiger partial charge is 0.323 e. The number of esters is 1. The normalized spacial score (nSPS) is 12.2. The molecule has 0 saturated heterocycles. The summed E-state index contributed by atoms with van der Waals surface area (Å²) in [5.41, 5.74) is 0.529. The Hall–Kier alpha value is -1.66. The van der Waals surface area contributed by atoms with Crippen LogP contribution < -0.4 is 5.32 Å². The van der Waals surface area contributed by atoms with Crippen molar-refractivity contribution in [3.05, 3.63) is 38.9 Å². The number of benzene rings is 1. The first-order chi connectivity index (χ1) is 9.36. The van der Waals surface area contributed by atoms with Gasteiger partial charge in [0.1, 0.15) is 6.04 Å². The number of nitro groups is 1. The number of non-ortho nitro benzene ring substituents is 1. The lowest BCUT2D eigenvalue weighted by atomic mass is 10.0. The van der Waals surface area contributed by atoms with Crippen molar-refractivity contribution >= 4 is 23.3 Å². The monoisotopic (exact) mass is 300 g/mol. The molecule has 1 aromatic rings. The van der Waals surface area contributed by atoms with Crippen molar-refractivity contribution in [2.45, 2.75) is 26.4 Å². The highest BCUT2D eigenvalue weighted by molar-refractivity contribution is 6.31. The van der Waals surface area contributed by atoms with Gasteiger partial charge in [-0.2, -0.15) is 0 Å². The van der Waals surface area contributed by atoms with Crippen LogP contribution in [0.15, 0.2) is 18.2 Å². The molecule has 7 heteroatoms. The summed E-state index contributed by atoms with van der Waals surface area (Å²) in [5.74, 6) is -0.346. The summed E-state index contributed by atoms with van der Waals surface area (Å²) in [5, 5.41) is 14.2. The van der Waals surface area contributed by atoms with Gasteiger partial charge in [-0.3, -0.25) is 14.9 Å². The number of hydrogen-bond acceptors (Lipinski definition) is 5. The summed E-state index contributed by atoms with van der Waals surface area (Å²) in [4.78, 5) is 21.9. The Labute approximate surface area is 122 Å². The standard InChI is InChI=1S/C13H17ClN2O4/c1-8(2)12(13(17)20-3)15-7-9-6-10(16(18)19)4-5-11(9)14/h4-6,8,12,15H,7H2,1-3H3/t12-/m0/s1. The van der Waals surface area contributed by atoms with Crippen LogP contribution in [0.5, 0.6) is 0 Å². The first-order valence-electron chi connectivity index (χ1n) is 6.10. The van der Waals surface area contributed by atoms with Gasteiger partial charge in [0.05, 0.1) is 12.0 Å². The van der Waals surface area contributed by atoms with E-state index in [0.29, 0.717) is 10.6 Å². The molecule has 0 amide bonds. The van der Waals surface area contributed by atoms with Crippen LogP contribution in [0.25, 0.3) is 0 Å². The second-order valence-corrected chi connectivity index (χ2v) is 5.07. The first-order valence-corrected chi connectivity index (χ1v) is 6.48. The quantitative estimate of drug-likeness (QED) is 0.496. The van der Waals surface area contributed by atoms with Crippen molar-refractivity contribution in [1.29, 1.82) is 0 Å². The zero-order valence-corrected chi connectivity index (χ0v) is 12.3. The fourth-order valence-corrected chi connectivity index (χ4v) is 1.93. The van der Waals surface area contributed by atoms with E-state index in [0.717, 1.165) is 0 Å². The predicted molar refractivity (Wildman–Crippen MR) is 75.6 cm³/mol. The number of hydrogen-bond donors (Lipinski definition) is 1. The van der Waals surface area contributed by atoms with Crippen molar-refractivity contribution in [3.8, 4) is 0 Å². The Morgan fingerprint density at radius 3 is 2.65 bits per heavy atom. The molecule has 0 saturated carbocycles. The fraction of sp³-hybridized carbons (Fsp3) is 0.462. The zero-order valence-electron chi connectivity index (χ0n) is 11.6. The van der Waals surface area contributed by atoms with Crippen LogP contribution in [-0.2, 0) is 16.1 Å². The molecule has 0 fully saturated rings. The van der Waals surface area contributed by atoms with Gasteiger partial charge in [0.2, 0.25) is 0 Å². The van der Waals surface area contributed by atoms with Gasteiger partial charge in [-0.15, -0.1) is 0 Å². The maximum atomic E-state index is 11.6. The Bertz CT molecular complexity index is 505. The number of halogens is 1. The number of nitrogens with zero attached hydrogens (tertiary/aromatic N) is 1. The largest absolute Gasteiger partial charge is 0.468 e. The molecule has 0 bridgehead atoms. The number of ether oxygens (including phenoxy) is 1. The van der Waals surface area contributed by atoms with E-state index in [1.54, 1.807) is 0 Å². The third kappa shape index (κ3) is 4.18. The average Bonchev–Trinajstić information content (AvgIpc) is 2.39. The van der Waals surface area contributed by atoms with Crippen molar-refractivity contribution in [2.24, 2.45) is 5.92 Å². The molecule has 0 aromatic heterocycles. The van der Waals surface area contributed by atoms with Gasteiger partial charge < -0.3 is 10.1 Å². The van der Waals surface area contributed by atoms with Crippen LogP contribution >= 0.6 is 11.6 Å². The molecular weight excluding hydrogens is 284 g/mol. The maximum absolute atomic E-state index is 11.6. The van der Waals surface area contributed by atoms with Crippen molar-refractivity contribution in [2.75, 3.05) is 7.11 Å². The van der Waals surface area contributed by atoms with E-state index in [4.69, 9.17) is 16.3 Å². The fourth-order valence-electron chi connectivity index (χ4n) is 1.75. The van der Waals surface area contributed by atoms with Gasteiger partial charge in [0.15, 0.2) is 0 Å². The molecule has 20 heavy (non-hydrogen) atoms. The van der Waals surface area contributed by atoms with Gasteiger partial charge >= 0.3 is 5.97 Å². The van der Waals surface area contributed by atoms with Crippen LogP contribution in [0.3, 0.4) is 0 Å². The van der Waals surface area contributed by atoms with Crippen LogP contribution in [0.1, 0.15) is 19.4 Å². The number of nitro benzene ring substituents is 1. The summed E-state index contributed by atoms with van der Waals surface area (Å²) in [6.45, 7) is 4.01. The average molecular weight is 301 g/mol. The van der Waals surface area contributed by atoms with Crippen LogP contribution in [0.4, 0.5) is 5.69 Å². The maximum Gasteiger partial charge on any atom is 0.323 e. The molecule has 110 valence electrons. The van der Waals surface area contributed by atoms with Gasteiger partial charge in [0, 0.05) is 23.7 Å². The minimum atomic E-state index is -0.490. The number of rotatable bonds is 6. The van der Waals surface area contributed by atoms with Crippen LogP contribution in [-0.4, -0.2) is 24.0 Å². The van der Waals surface area contributed by atoms with E-state index < -0.39 is 11.0 Å². The Morgan fingerprint density at radius 1 is 1.50 bits per heavy atom. The van der Waals surface area contributed by atoms with E-state index in [2.05, 4.69) is 5.32 Å². The van der Waals surface area contributed by atoms with E-state index in [-0.39, 0.29) is 24.1 Å². The summed E-state index contributed by atoms with van der Waals surface area (Å²) in [6, 6.07) is 3.71. The molecule has 1 N–H and O–H groups in total. The Morgan fingerprint density at radius 2 is 2.15 bits per heavy atom. The summed E-state index contributed by atoms with van der Waals surface area (Å²) >= 11 is 6.00. The first kappa shape index (κ1) is 16.4. The number of carbonyl (C=O) groups excluding carboxylic acids is 1. The highest BCUT2D eigenvalue weighted by Crippen LogP contribution is 2.22. The second-order valence-electron chi connectivity index (χ2n) is 4.66. The molecule has 0 heterocycles. The van der Waals surface area contributed by atoms with E-state index >= 15 is 0 Å². The molecule has 1 aromatic carbocycles. The number of methoxy groups -OCH3 is 1. The van der Waals surface area contributed by atoms with Gasteiger partial charge in [-0.05, 0) is 17.5 Å². The van der Waals surface area contributed by atoms with Gasteiger partial charge in [0.25, 0.3) is 5.69 Å². The summed E-state index contributed by atoms with van der Waals surface area (Å²) in [6.07, 6.45) is 0. The molecule has 0 unspecified atom stereocenters. The van der Waals surface area contributed by atoms with Gasteiger partial charge in [-0.25, -0.2) is 0 Å². The molecule has 0 spiro atoms. The number of nitrogens with one attached hydrogen (secondary N) is 1. The minimum Gasteiger partial charge on any atom is -0.468 e. The van der Waals surface area contributed by atoms with E-state index in [9.17, 15) is 14.9 Å². The molecule has 0 aliphatic heterocycles. The highest BCUT2D eigenvalue weighted by Gasteiger charge is 2.22.